The maximum atomic E-state index is 12.3. The Kier molecular flexibility index (Phi) is 3.57. The average Bonchev–Trinajstić information content (AvgIpc) is 2.69. The predicted octanol–water partition coefficient (Wildman–Crippen LogP) is 4.90. The zero-order valence-corrected chi connectivity index (χ0v) is 11.7. The fraction of sp³-hybridized carbons (Fsp3) is 0.154. The van der Waals surface area contributed by atoms with Crippen LogP contribution in [-0.2, 0) is 0 Å². The predicted molar refractivity (Wildman–Crippen MR) is 73.7 cm³/mol. The van der Waals surface area contributed by atoms with Gasteiger partial charge in [-0.05, 0) is 48.6 Å². The van der Waals surface area contributed by atoms with Gasteiger partial charge in [-0.2, -0.15) is 0 Å². The molecule has 0 atom stereocenters. The van der Waals surface area contributed by atoms with Crippen LogP contribution in [0.2, 0.25) is 10.0 Å². The molecule has 1 nitrogen and oxygen atoms in total. The fourth-order valence-electron chi connectivity index (χ4n) is 1.60. The maximum absolute atomic E-state index is 12.3. The zero-order valence-electron chi connectivity index (χ0n) is 9.38. The van der Waals surface area contributed by atoms with Gasteiger partial charge in [0, 0.05) is 10.6 Å². The van der Waals surface area contributed by atoms with Gasteiger partial charge in [0.15, 0.2) is 0 Å². The SMILES string of the molecule is Cc1cc(C(=O)c2sccc2Cl)c(C)cc1Cl. The minimum absolute atomic E-state index is 0.0396. The van der Waals surface area contributed by atoms with Crippen LogP contribution in [0.1, 0.15) is 26.4 Å². The summed E-state index contributed by atoms with van der Waals surface area (Å²) in [6.45, 7) is 3.76. The molecule has 0 aliphatic carbocycles. The topological polar surface area (TPSA) is 17.1 Å². The third-order valence-electron chi connectivity index (χ3n) is 2.57. The standard InChI is InChI=1S/C13H10Cl2OS/c1-7-6-11(15)8(2)5-9(7)12(16)13-10(14)3-4-17-13/h3-6H,1-2H3. The number of halogens is 2. The van der Waals surface area contributed by atoms with Gasteiger partial charge in [-0.15, -0.1) is 11.3 Å². The lowest BCUT2D eigenvalue weighted by atomic mass is 10.0. The highest BCUT2D eigenvalue weighted by molar-refractivity contribution is 7.13. The Morgan fingerprint density at radius 1 is 1.12 bits per heavy atom. The van der Waals surface area contributed by atoms with Crippen molar-refractivity contribution in [2.75, 3.05) is 0 Å². The van der Waals surface area contributed by atoms with Crippen LogP contribution < -0.4 is 0 Å². The second kappa shape index (κ2) is 4.81. The number of aryl methyl sites for hydroxylation is 2. The van der Waals surface area contributed by atoms with Crippen LogP contribution in [-0.4, -0.2) is 5.78 Å². The second-order valence-corrected chi connectivity index (χ2v) is 5.57. The molecular weight excluding hydrogens is 275 g/mol. The minimum atomic E-state index is -0.0396. The van der Waals surface area contributed by atoms with E-state index in [-0.39, 0.29) is 5.78 Å². The summed E-state index contributed by atoms with van der Waals surface area (Å²) in [6.07, 6.45) is 0. The van der Waals surface area contributed by atoms with E-state index in [1.165, 1.54) is 11.3 Å². The Balaban J connectivity index is 2.52. The van der Waals surface area contributed by atoms with E-state index in [2.05, 4.69) is 0 Å². The van der Waals surface area contributed by atoms with Crippen LogP contribution in [0.25, 0.3) is 0 Å². The molecule has 0 fully saturated rings. The normalized spacial score (nSPS) is 10.6. The van der Waals surface area contributed by atoms with E-state index < -0.39 is 0 Å². The average molecular weight is 285 g/mol. The van der Waals surface area contributed by atoms with Crippen LogP contribution in [0.15, 0.2) is 23.6 Å². The van der Waals surface area contributed by atoms with Crippen molar-refractivity contribution in [3.8, 4) is 0 Å². The molecule has 1 aromatic carbocycles. The molecular formula is C13H10Cl2OS. The van der Waals surface area contributed by atoms with Crippen molar-refractivity contribution in [2.45, 2.75) is 13.8 Å². The quantitative estimate of drug-likeness (QED) is 0.717. The van der Waals surface area contributed by atoms with Crippen LogP contribution in [0.5, 0.6) is 0 Å². The number of carbonyl (C=O) groups is 1. The summed E-state index contributed by atoms with van der Waals surface area (Å²) in [4.78, 5) is 12.9. The lowest BCUT2D eigenvalue weighted by Gasteiger charge is -2.07. The Labute approximate surface area is 114 Å². The lowest BCUT2D eigenvalue weighted by Crippen LogP contribution is -2.03. The molecule has 4 heteroatoms. The van der Waals surface area contributed by atoms with Gasteiger partial charge in [-0.25, -0.2) is 0 Å². The summed E-state index contributed by atoms with van der Waals surface area (Å²) in [6, 6.07) is 5.36. The molecule has 2 aromatic rings. The molecule has 88 valence electrons. The monoisotopic (exact) mass is 284 g/mol. The number of carbonyl (C=O) groups excluding carboxylic acids is 1. The molecule has 2 rings (SSSR count). The van der Waals surface area contributed by atoms with Crippen molar-refractivity contribution in [3.05, 3.63) is 55.2 Å². The van der Waals surface area contributed by atoms with Crippen molar-refractivity contribution < 1.29 is 4.79 Å². The van der Waals surface area contributed by atoms with Crippen LogP contribution in [0.3, 0.4) is 0 Å². The molecule has 0 unspecified atom stereocenters. The first-order valence-electron chi connectivity index (χ1n) is 5.05. The Bertz CT molecular complexity index is 587. The van der Waals surface area contributed by atoms with E-state index in [1.807, 2.05) is 31.4 Å². The molecule has 17 heavy (non-hydrogen) atoms. The van der Waals surface area contributed by atoms with Crippen molar-refractivity contribution in [3.63, 3.8) is 0 Å². The molecule has 0 saturated carbocycles. The van der Waals surface area contributed by atoms with Gasteiger partial charge in [-0.1, -0.05) is 23.2 Å². The van der Waals surface area contributed by atoms with E-state index >= 15 is 0 Å². The molecule has 0 saturated heterocycles. The highest BCUT2D eigenvalue weighted by Crippen LogP contribution is 2.28. The summed E-state index contributed by atoms with van der Waals surface area (Å²) in [5.41, 5.74) is 2.43. The van der Waals surface area contributed by atoms with Crippen molar-refractivity contribution >= 4 is 40.3 Å². The van der Waals surface area contributed by atoms with Gasteiger partial charge < -0.3 is 0 Å². The van der Waals surface area contributed by atoms with Gasteiger partial charge >= 0.3 is 0 Å². The van der Waals surface area contributed by atoms with Crippen LogP contribution in [0.4, 0.5) is 0 Å². The molecule has 0 amide bonds. The summed E-state index contributed by atoms with van der Waals surface area (Å²) >= 11 is 13.3. The van der Waals surface area contributed by atoms with Crippen molar-refractivity contribution in [1.82, 2.24) is 0 Å². The minimum Gasteiger partial charge on any atom is -0.288 e. The zero-order chi connectivity index (χ0) is 12.6. The third-order valence-corrected chi connectivity index (χ3v) is 4.32. The lowest BCUT2D eigenvalue weighted by molar-refractivity contribution is 0.104. The second-order valence-electron chi connectivity index (χ2n) is 3.84. The number of hydrogen-bond donors (Lipinski definition) is 0. The van der Waals surface area contributed by atoms with Gasteiger partial charge in [-0.3, -0.25) is 4.79 Å². The van der Waals surface area contributed by atoms with Crippen LogP contribution in [0, 0.1) is 13.8 Å². The molecule has 0 bridgehead atoms. The summed E-state index contributed by atoms with van der Waals surface area (Å²) < 4.78 is 0. The third kappa shape index (κ3) is 2.39. The van der Waals surface area contributed by atoms with Gasteiger partial charge in [0.25, 0.3) is 0 Å². The van der Waals surface area contributed by atoms with Crippen LogP contribution >= 0.6 is 34.5 Å². The summed E-state index contributed by atoms with van der Waals surface area (Å²) in [5, 5.41) is 3.00. The molecule has 0 aliphatic rings. The van der Waals surface area contributed by atoms with Crippen molar-refractivity contribution in [2.24, 2.45) is 0 Å². The number of benzene rings is 1. The van der Waals surface area contributed by atoms with E-state index in [1.54, 1.807) is 6.07 Å². The molecule has 0 spiro atoms. The van der Waals surface area contributed by atoms with E-state index in [9.17, 15) is 4.79 Å². The first kappa shape index (κ1) is 12.6. The fourth-order valence-corrected chi connectivity index (χ4v) is 2.92. The van der Waals surface area contributed by atoms with Gasteiger partial charge in [0.05, 0.1) is 9.90 Å². The first-order valence-corrected chi connectivity index (χ1v) is 6.68. The number of ketones is 1. The van der Waals surface area contributed by atoms with E-state index in [0.717, 1.165) is 11.1 Å². The van der Waals surface area contributed by atoms with E-state index in [0.29, 0.717) is 20.5 Å². The molecule has 0 radical (unpaired) electrons. The van der Waals surface area contributed by atoms with Gasteiger partial charge in [0.2, 0.25) is 5.78 Å². The molecule has 1 heterocycles. The smallest absolute Gasteiger partial charge is 0.204 e. The molecule has 0 aliphatic heterocycles. The molecule has 1 aromatic heterocycles. The van der Waals surface area contributed by atoms with Gasteiger partial charge in [0.1, 0.15) is 0 Å². The Morgan fingerprint density at radius 3 is 2.41 bits per heavy atom. The van der Waals surface area contributed by atoms with Crippen molar-refractivity contribution in [1.29, 1.82) is 0 Å². The summed E-state index contributed by atoms with van der Waals surface area (Å²) in [7, 11) is 0. The maximum Gasteiger partial charge on any atom is 0.204 e. The number of thiophene rings is 1. The highest BCUT2D eigenvalue weighted by Gasteiger charge is 2.17. The van der Waals surface area contributed by atoms with E-state index in [4.69, 9.17) is 23.2 Å². The number of hydrogen-bond acceptors (Lipinski definition) is 2. The Hall–Kier alpha value is -0.830. The Morgan fingerprint density at radius 2 is 1.82 bits per heavy atom. The highest BCUT2D eigenvalue weighted by atomic mass is 35.5. The largest absolute Gasteiger partial charge is 0.288 e. The summed E-state index contributed by atoms with van der Waals surface area (Å²) in [5.74, 6) is -0.0396. The first-order chi connectivity index (χ1) is 8.00. The molecule has 0 N–H and O–H groups in total. The number of rotatable bonds is 2.